The SMILES string of the molecule is C[C@@H](NC(=O)c1ccc(Cn2ccccc2=O)o1)c1nnnn1C1CC1. The van der Waals surface area contributed by atoms with Crippen molar-refractivity contribution in [2.24, 2.45) is 0 Å². The molecule has 3 aromatic rings. The molecule has 0 saturated heterocycles. The van der Waals surface area contributed by atoms with Crippen LogP contribution in [0.4, 0.5) is 0 Å². The first-order valence-corrected chi connectivity index (χ1v) is 8.44. The first kappa shape index (κ1) is 16.2. The molecule has 1 aliphatic carbocycles. The second-order valence-corrected chi connectivity index (χ2v) is 6.34. The molecule has 4 rings (SSSR count). The predicted octanol–water partition coefficient (Wildman–Crippen LogP) is 1.30. The number of amides is 1. The zero-order chi connectivity index (χ0) is 18.1. The lowest BCUT2D eigenvalue weighted by Crippen LogP contribution is -2.28. The van der Waals surface area contributed by atoms with Crippen LogP contribution in [0, 0.1) is 0 Å². The van der Waals surface area contributed by atoms with Crippen LogP contribution in [0.1, 0.15) is 54.0 Å². The minimum absolute atomic E-state index is 0.129. The van der Waals surface area contributed by atoms with Crippen LogP contribution in [0.5, 0.6) is 0 Å². The van der Waals surface area contributed by atoms with Gasteiger partial charge in [0.2, 0.25) is 0 Å². The van der Waals surface area contributed by atoms with Crippen LogP contribution in [0.3, 0.4) is 0 Å². The number of hydrogen-bond donors (Lipinski definition) is 1. The van der Waals surface area contributed by atoms with E-state index >= 15 is 0 Å². The van der Waals surface area contributed by atoms with Crippen molar-refractivity contribution in [1.29, 1.82) is 0 Å². The number of nitrogens with one attached hydrogen (secondary N) is 1. The largest absolute Gasteiger partial charge is 0.454 e. The van der Waals surface area contributed by atoms with E-state index in [1.54, 1.807) is 35.1 Å². The first-order chi connectivity index (χ1) is 12.6. The number of carbonyl (C=O) groups excluding carboxylic acids is 1. The smallest absolute Gasteiger partial charge is 0.287 e. The Morgan fingerprint density at radius 1 is 1.35 bits per heavy atom. The van der Waals surface area contributed by atoms with Gasteiger partial charge < -0.3 is 14.3 Å². The van der Waals surface area contributed by atoms with Crippen molar-refractivity contribution in [3.05, 3.63) is 64.2 Å². The molecule has 9 heteroatoms. The van der Waals surface area contributed by atoms with E-state index in [4.69, 9.17) is 4.42 Å². The normalized spacial score (nSPS) is 15.0. The van der Waals surface area contributed by atoms with Crippen LogP contribution in [0.15, 0.2) is 45.7 Å². The summed E-state index contributed by atoms with van der Waals surface area (Å²) in [6.45, 7) is 2.10. The average Bonchev–Trinajstić information content (AvgIpc) is 3.17. The highest BCUT2D eigenvalue weighted by atomic mass is 16.4. The maximum Gasteiger partial charge on any atom is 0.287 e. The summed E-state index contributed by atoms with van der Waals surface area (Å²) in [6.07, 6.45) is 3.78. The van der Waals surface area contributed by atoms with Crippen molar-refractivity contribution in [2.75, 3.05) is 0 Å². The van der Waals surface area contributed by atoms with Crippen LogP contribution in [-0.4, -0.2) is 30.7 Å². The van der Waals surface area contributed by atoms with Gasteiger partial charge in [-0.2, -0.15) is 0 Å². The fourth-order valence-electron chi connectivity index (χ4n) is 2.74. The molecule has 1 amide bonds. The summed E-state index contributed by atoms with van der Waals surface area (Å²) in [5.74, 6) is 0.984. The number of rotatable bonds is 6. The van der Waals surface area contributed by atoms with Crippen LogP contribution in [0.25, 0.3) is 0 Å². The molecule has 134 valence electrons. The summed E-state index contributed by atoms with van der Waals surface area (Å²) >= 11 is 0. The van der Waals surface area contributed by atoms with Crippen molar-refractivity contribution in [2.45, 2.75) is 38.4 Å². The zero-order valence-electron chi connectivity index (χ0n) is 14.2. The Morgan fingerprint density at radius 2 is 2.19 bits per heavy atom. The summed E-state index contributed by atoms with van der Waals surface area (Å²) in [5, 5.41) is 14.5. The van der Waals surface area contributed by atoms with E-state index < -0.39 is 0 Å². The molecule has 1 N–H and O–H groups in total. The lowest BCUT2D eigenvalue weighted by Gasteiger charge is -2.12. The van der Waals surface area contributed by atoms with Crippen molar-refractivity contribution < 1.29 is 9.21 Å². The highest BCUT2D eigenvalue weighted by Crippen LogP contribution is 2.35. The van der Waals surface area contributed by atoms with Crippen molar-refractivity contribution in [3.63, 3.8) is 0 Å². The Labute approximate surface area is 148 Å². The van der Waals surface area contributed by atoms with Gasteiger partial charge in [-0.25, -0.2) is 4.68 Å². The van der Waals surface area contributed by atoms with Crippen LogP contribution in [-0.2, 0) is 6.54 Å². The summed E-state index contributed by atoms with van der Waals surface area (Å²) in [5.41, 5.74) is -0.129. The molecule has 1 atom stereocenters. The van der Waals surface area contributed by atoms with Crippen molar-refractivity contribution >= 4 is 5.91 Å². The minimum Gasteiger partial charge on any atom is -0.454 e. The first-order valence-electron chi connectivity index (χ1n) is 8.44. The Balaban J connectivity index is 1.44. The number of carbonyl (C=O) groups is 1. The quantitative estimate of drug-likeness (QED) is 0.715. The molecule has 1 fully saturated rings. The molecule has 9 nitrogen and oxygen atoms in total. The van der Waals surface area contributed by atoms with Gasteiger partial charge in [0, 0.05) is 12.3 Å². The third kappa shape index (κ3) is 3.28. The van der Waals surface area contributed by atoms with Gasteiger partial charge in [0.15, 0.2) is 11.6 Å². The summed E-state index contributed by atoms with van der Waals surface area (Å²) < 4.78 is 8.85. The monoisotopic (exact) mass is 354 g/mol. The summed E-state index contributed by atoms with van der Waals surface area (Å²) in [6, 6.07) is 8.19. The van der Waals surface area contributed by atoms with Gasteiger partial charge in [-0.3, -0.25) is 9.59 Å². The zero-order valence-corrected chi connectivity index (χ0v) is 14.2. The fourth-order valence-corrected chi connectivity index (χ4v) is 2.74. The van der Waals surface area contributed by atoms with E-state index in [2.05, 4.69) is 20.8 Å². The summed E-state index contributed by atoms with van der Waals surface area (Å²) in [4.78, 5) is 24.2. The van der Waals surface area contributed by atoms with Gasteiger partial charge >= 0.3 is 0 Å². The topological polar surface area (TPSA) is 108 Å². The maximum absolute atomic E-state index is 12.4. The molecular formula is C17H18N6O3. The second-order valence-electron chi connectivity index (χ2n) is 6.34. The molecule has 0 unspecified atom stereocenters. The molecule has 3 heterocycles. The maximum atomic E-state index is 12.4. The third-order valence-corrected chi connectivity index (χ3v) is 4.26. The van der Waals surface area contributed by atoms with E-state index in [9.17, 15) is 9.59 Å². The summed E-state index contributed by atoms with van der Waals surface area (Å²) in [7, 11) is 0. The number of hydrogen-bond acceptors (Lipinski definition) is 6. The molecule has 26 heavy (non-hydrogen) atoms. The molecule has 0 aromatic carbocycles. The van der Waals surface area contributed by atoms with E-state index in [-0.39, 0.29) is 29.8 Å². The van der Waals surface area contributed by atoms with Gasteiger partial charge in [0.05, 0.1) is 18.6 Å². The number of pyridine rings is 1. The molecule has 0 bridgehead atoms. The van der Waals surface area contributed by atoms with Crippen molar-refractivity contribution in [3.8, 4) is 0 Å². The van der Waals surface area contributed by atoms with Gasteiger partial charge in [0.1, 0.15) is 5.76 Å². The molecule has 1 aliphatic rings. The molecule has 1 saturated carbocycles. The Bertz CT molecular complexity index is 984. The molecule has 0 radical (unpaired) electrons. The number of nitrogens with zero attached hydrogens (tertiary/aromatic N) is 5. The Morgan fingerprint density at radius 3 is 2.96 bits per heavy atom. The van der Waals surface area contributed by atoms with Gasteiger partial charge in [-0.15, -0.1) is 5.10 Å². The number of furan rings is 1. The molecule has 0 spiro atoms. The lowest BCUT2D eigenvalue weighted by atomic mass is 10.3. The average molecular weight is 354 g/mol. The molecule has 0 aliphatic heterocycles. The van der Waals surface area contributed by atoms with Gasteiger partial charge in [-0.05, 0) is 48.4 Å². The standard InChI is InChI=1S/C17H18N6O3/c1-11(16-19-20-21-23(16)12-5-6-12)18-17(25)14-8-7-13(26-14)10-22-9-3-2-4-15(22)24/h2-4,7-9,11-12H,5-6,10H2,1H3,(H,18,25)/t11-/m1/s1. The fraction of sp³-hybridized carbons (Fsp3) is 0.353. The predicted molar refractivity (Wildman–Crippen MR) is 90.5 cm³/mol. The minimum atomic E-state index is -0.352. The highest BCUT2D eigenvalue weighted by Gasteiger charge is 2.30. The Kier molecular flexibility index (Phi) is 4.11. The number of tetrazole rings is 1. The van der Waals surface area contributed by atoms with Crippen LogP contribution in [0.2, 0.25) is 0 Å². The lowest BCUT2D eigenvalue weighted by molar-refractivity contribution is 0.0907. The van der Waals surface area contributed by atoms with E-state index in [1.165, 1.54) is 10.6 Å². The van der Waals surface area contributed by atoms with Gasteiger partial charge in [-0.1, -0.05) is 6.07 Å². The van der Waals surface area contributed by atoms with E-state index in [0.29, 0.717) is 17.6 Å². The second kappa shape index (κ2) is 6.58. The third-order valence-electron chi connectivity index (χ3n) is 4.26. The van der Waals surface area contributed by atoms with Crippen molar-refractivity contribution in [1.82, 2.24) is 30.1 Å². The molecular weight excluding hydrogens is 336 g/mol. The Hall–Kier alpha value is -3.23. The van der Waals surface area contributed by atoms with Gasteiger partial charge in [0.25, 0.3) is 11.5 Å². The van der Waals surface area contributed by atoms with Crippen LogP contribution >= 0.6 is 0 Å². The number of aromatic nitrogens is 5. The van der Waals surface area contributed by atoms with E-state index in [1.807, 2.05) is 6.92 Å². The van der Waals surface area contributed by atoms with E-state index in [0.717, 1.165) is 12.8 Å². The van der Waals surface area contributed by atoms with Crippen LogP contribution < -0.4 is 10.9 Å². The highest BCUT2D eigenvalue weighted by molar-refractivity contribution is 5.91. The molecule has 3 aromatic heterocycles.